The summed E-state index contributed by atoms with van der Waals surface area (Å²) in [6.45, 7) is 10.3. The lowest BCUT2D eigenvalue weighted by atomic mass is 9.98. The summed E-state index contributed by atoms with van der Waals surface area (Å²) in [4.78, 5) is 5.84. The van der Waals surface area contributed by atoms with E-state index >= 15 is 0 Å². The van der Waals surface area contributed by atoms with Gasteiger partial charge in [-0.25, -0.2) is 4.98 Å². The molecule has 0 saturated heterocycles. The molecule has 1 aliphatic carbocycles. The average molecular weight is 239 g/mol. The van der Waals surface area contributed by atoms with Crippen molar-refractivity contribution in [2.45, 2.75) is 64.4 Å². The lowest BCUT2D eigenvalue weighted by Crippen LogP contribution is -2.15. The van der Waals surface area contributed by atoms with Crippen LogP contribution in [0.5, 0.6) is 0 Å². The van der Waals surface area contributed by atoms with E-state index < -0.39 is 5.60 Å². The zero-order valence-electron chi connectivity index (χ0n) is 10.8. The molecule has 0 bridgehead atoms. The molecule has 0 unspecified atom stereocenters. The van der Waals surface area contributed by atoms with E-state index in [0.29, 0.717) is 5.92 Å². The SMILES string of the molecule is CC(C)(C)c1nc(C2CC2)c(C(C)(C)O)s1. The molecule has 1 aliphatic rings. The van der Waals surface area contributed by atoms with Crippen LogP contribution in [0.25, 0.3) is 0 Å². The topological polar surface area (TPSA) is 33.1 Å². The van der Waals surface area contributed by atoms with E-state index in [1.54, 1.807) is 11.3 Å². The molecule has 1 aromatic heterocycles. The molecule has 1 heterocycles. The third kappa shape index (κ3) is 2.30. The molecule has 90 valence electrons. The second kappa shape index (κ2) is 3.54. The smallest absolute Gasteiger partial charge is 0.0985 e. The van der Waals surface area contributed by atoms with Gasteiger partial charge in [0.1, 0.15) is 0 Å². The van der Waals surface area contributed by atoms with Gasteiger partial charge in [-0.05, 0) is 26.7 Å². The number of aliphatic hydroxyl groups is 1. The molecule has 0 atom stereocenters. The van der Waals surface area contributed by atoms with E-state index in [1.807, 2.05) is 13.8 Å². The highest BCUT2D eigenvalue weighted by Gasteiger charge is 2.36. The second-order valence-electron chi connectivity index (χ2n) is 6.32. The van der Waals surface area contributed by atoms with Gasteiger partial charge in [-0.3, -0.25) is 0 Å². The summed E-state index contributed by atoms with van der Waals surface area (Å²) in [5.41, 5.74) is 0.485. The Labute approximate surface area is 102 Å². The minimum absolute atomic E-state index is 0.0812. The molecular formula is C13H21NOS. The molecule has 3 heteroatoms. The van der Waals surface area contributed by atoms with E-state index in [4.69, 9.17) is 4.98 Å². The number of thiazole rings is 1. The standard InChI is InChI=1S/C13H21NOS/c1-12(2,3)11-14-9(8-6-7-8)10(16-11)13(4,5)15/h8,15H,6-7H2,1-5H3. The Balaban J connectivity index is 2.46. The highest BCUT2D eigenvalue weighted by Crippen LogP contribution is 2.46. The van der Waals surface area contributed by atoms with Crippen LogP contribution in [0, 0.1) is 0 Å². The van der Waals surface area contributed by atoms with Gasteiger partial charge in [-0.1, -0.05) is 20.8 Å². The van der Waals surface area contributed by atoms with E-state index in [1.165, 1.54) is 12.8 Å². The lowest BCUT2D eigenvalue weighted by Gasteiger charge is -2.17. The Morgan fingerprint density at radius 1 is 1.19 bits per heavy atom. The Bertz CT molecular complexity index is 391. The highest BCUT2D eigenvalue weighted by atomic mass is 32.1. The molecule has 0 aliphatic heterocycles. The summed E-state index contributed by atoms with van der Waals surface area (Å²) < 4.78 is 0. The molecular weight excluding hydrogens is 218 g/mol. The Kier molecular flexibility index (Phi) is 2.67. The molecule has 0 radical (unpaired) electrons. The van der Waals surface area contributed by atoms with Crippen molar-refractivity contribution in [2.75, 3.05) is 0 Å². The van der Waals surface area contributed by atoms with E-state index in [0.717, 1.165) is 15.6 Å². The predicted octanol–water partition coefficient (Wildman–Crippen LogP) is 3.55. The molecule has 1 fully saturated rings. The van der Waals surface area contributed by atoms with Crippen molar-refractivity contribution in [1.29, 1.82) is 0 Å². The van der Waals surface area contributed by atoms with E-state index in [-0.39, 0.29) is 5.41 Å². The Morgan fingerprint density at radius 2 is 1.75 bits per heavy atom. The molecule has 2 nitrogen and oxygen atoms in total. The van der Waals surface area contributed by atoms with Gasteiger partial charge in [0.05, 0.1) is 21.2 Å². The first kappa shape index (κ1) is 12.1. The monoisotopic (exact) mass is 239 g/mol. The van der Waals surface area contributed by atoms with Crippen LogP contribution in [-0.2, 0) is 11.0 Å². The summed E-state index contributed by atoms with van der Waals surface area (Å²) in [5.74, 6) is 0.605. The minimum atomic E-state index is -0.751. The molecule has 0 aromatic carbocycles. The minimum Gasteiger partial charge on any atom is -0.385 e. The zero-order valence-corrected chi connectivity index (χ0v) is 11.6. The summed E-state index contributed by atoms with van der Waals surface area (Å²) in [6.07, 6.45) is 2.47. The van der Waals surface area contributed by atoms with Crippen LogP contribution < -0.4 is 0 Å². The Hall–Kier alpha value is -0.410. The van der Waals surface area contributed by atoms with Crippen molar-refractivity contribution in [3.05, 3.63) is 15.6 Å². The van der Waals surface area contributed by atoms with Crippen LogP contribution in [0.3, 0.4) is 0 Å². The number of rotatable bonds is 2. The van der Waals surface area contributed by atoms with Gasteiger partial charge in [0.15, 0.2) is 0 Å². The van der Waals surface area contributed by atoms with Crippen LogP contribution in [0.4, 0.5) is 0 Å². The molecule has 16 heavy (non-hydrogen) atoms. The van der Waals surface area contributed by atoms with E-state index in [9.17, 15) is 5.11 Å². The summed E-state index contributed by atoms with van der Waals surface area (Å²) in [5, 5.41) is 11.3. The van der Waals surface area contributed by atoms with Crippen LogP contribution in [0.15, 0.2) is 0 Å². The maximum absolute atomic E-state index is 10.2. The molecule has 1 saturated carbocycles. The fraction of sp³-hybridized carbons (Fsp3) is 0.769. The second-order valence-corrected chi connectivity index (χ2v) is 7.32. The largest absolute Gasteiger partial charge is 0.385 e. The predicted molar refractivity (Wildman–Crippen MR) is 68.0 cm³/mol. The molecule has 2 rings (SSSR count). The maximum Gasteiger partial charge on any atom is 0.0985 e. The van der Waals surface area contributed by atoms with Gasteiger partial charge in [0.2, 0.25) is 0 Å². The van der Waals surface area contributed by atoms with Crippen molar-refractivity contribution in [1.82, 2.24) is 4.98 Å². The average Bonchev–Trinajstić information content (AvgIpc) is 2.79. The van der Waals surface area contributed by atoms with Gasteiger partial charge >= 0.3 is 0 Å². The van der Waals surface area contributed by atoms with E-state index in [2.05, 4.69) is 20.8 Å². The van der Waals surface area contributed by atoms with Crippen LogP contribution >= 0.6 is 11.3 Å². The van der Waals surface area contributed by atoms with Crippen molar-refractivity contribution < 1.29 is 5.11 Å². The van der Waals surface area contributed by atoms with Gasteiger partial charge in [0.25, 0.3) is 0 Å². The van der Waals surface area contributed by atoms with Crippen LogP contribution in [-0.4, -0.2) is 10.1 Å². The fourth-order valence-corrected chi connectivity index (χ4v) is 2.93. The molecule has 1 aromatic rings. The van der Waals surface area contributed by atoms with Crippen LogP contribution in [0.1, 0.15) is 69.0 Å². The first-order chi connectivity index (χ1) is 7.19. The van der Waals surface area contributed by atoms with Gasteiger partial charge in [-0.15, -0.1) is 11.3 Å². The number of hydrogen-bond donors (Lipinski definition) is 1. The Morgan fingerprint density at radius 3 is 2.12 bits per heavy atom. The molecule has 0 amide bonds. The van der Waals surface area contributed by atoms with Gasteiger partial charge in [-0.2, -0.15) is 0 Å². The zero-order chi connectivity index (χ0) is 12.1. The normalized spacial score (nSPS) is 17.9. The van der Waals surface area contributed by atoms with Gasteiger partial charge < -0.3 is 5.11 Å². The molecule has 1 N–H and O–H groups in total. The number of nitrogens with zero attached hydrogens (tertiary/aromatic N) is 1. The highest BCUT2D eigenvalue weighted by molar-refractivity contribution is 7.12. The first-order valence-corrected chi connectivity index (χ1v) is 6.75. The van der Waals surface area contributed by atoms with Crippen molar-refractivity contribution >= 4 is 11.3 Å². The first-order valence-electron chi connectivity index (χ1n) is 5.93. The molecule has 0 spiro atoms. The van der Waals surface area contributed by atoms with Crippen molar-refractivity contribution in [2.24, 2.45) is 0 Å². The fourth-order valence-electron chi connectivity index (χ4n) is 1.72. The third-order valence-corrected chi connectivity index (χ3v) is 4.62. The van der Waals surface area contributed by atoms with Crippen molar-refractivity contribution in [3.8, 4) is 0 Å². The van der Waals surface area contributed by atoms with Gasteiger partial charge in [0, 0.05) is 11.3 Å². The van der Waals surface area contributed by atoms with Crippen LogP contribution in [0.2, 0.25) is 0 Å². The number of aromatic nitrogens is 1. The maximum atomic E-state index is 10.2. The quantitative estimate of drug-likeness (QED) is 0.856. The third-order valence-electron chi connectivity index (χ3n) is 2.81. The summed E-state index contributed by atoms with van der Waals surface area (Å²) >= 11 is 1.68. The lowest BCUT2D eigenvalue weighted by molar-refractivity contribution is 0.0813. The summed E-state index contributed by atoms with van der Waals surface area (Å²) in [6, 6.07) is 0. The summed E-state index contributed by atoms with van der Waals surface area (Å²) in [7, 11) is 0. The number of hydrogen-bond acceptors (Lipinski definition) is 3. The van der Waals surface area contributed by atoms with Crippen molar-refractivity contribution in [3.63, 3.8) is 0 Å².